The largest absolute Gasteiger partial charge is 0.573 e. The minimum Gasteiger partial charge on any atom is -0.424 e. The van der Waals surface area contributed by atoms with Crippen molar-refractivity contribution in [3.63, 3.8) is 0 Å². The topological polar surface area (TPSA) is 80.5 Å². The standard InChI is InChI=1S/C14H15F3N4O3/c1-9-19-20-13(23-9)8-21(2)7-12(22)18-10-3-5-11(6-4-10)24-14(15,16)17/h3-6H,7-8H2,1-2H3,(H,18,22). The Morgan fingerprint density at radius 1 is 1.29 bits per heavy atom. The third kappa shape index (κ3) is 5.88. The Hall–Kier alpha value is -2.62. The molecule has 0 bridgehead atoms. The van der Waals surface area contributed by atoms with Gasteiger partial charge in [0, 0.05) is 12.6 Å². The van der Waals surface area contributed by atoms with E-state index in [1.54, 1.807) is 18.9 Å². The molecule has 0 radical (unpaired) electrons. The van der Waals surface area contributed by atoms with Crippen LogP contribution in [0, 0.1) is 6.92 Å². The van der Waals surface area contributed by atoms with Crippen LogP contribution in [0.25, 0.3) is 0 Å². The van der Waals surface area contributed by atoms with Gasteiger partial charge in [0.05, 0.1) is 13.1 Å². The highest BCUT2D eigenvalue weighted by Gasteiger charge is 2.30. The number of anilines is 1. The molecule has 1 amide bonds. The number of carbonyl (C=O) groups excluding carboxylic acids is 1. The summed E-state index contributed by atoms with van der Waals surface area (Å²) in [5.41, 5.74) is 0.358. The molecular formula is C14H15F3N4O3. The zero-order valence-electron chi connectivity index (χ0n) is 12.9. The van der Waals surface area contributed by atoms with Crippen LogP contribution in [0.2, 0.25) is 0 Å². The first-order valence-electron chi connectivity index (χ1n) is 6.84. The molecule has 10 heteroatoms. The van der Waals surface area contributed by atoms with Gasteiger partial charge >= 0.3 is 6.36 Å². The van der Waals surface area contributed by atoms with Crippen molar-refractivity contribution >= 4 is 11.6 Å². The predicted octanol–water partition coefficient (Wildman–Crippen LogP) is 2.35. The van der Waals surface area contributed by atoms with E-state index in [1.165, 1.54) is 12.1 Å². The molecule has 130 valence electrons. The van der Waals surface area contributed by atoms with Crippen LogP contribution < -0.4 is 10.1 Å². The summed E-state index contributed by atoms with van der Waals surface area (Å²) in [6.45, 7) is 2.00. The van der Waals surface area contributed by atoms with Gasteiger partial charge in [-0.1, -0.05) is 0 Å². The van der Waals surface area contributed by atoms with Gasteiger partial charge in [0.2, 0.25) is 17.7 Å². The number of aryl methyl sites for hydroxylation is 1. The van der Waals surface area contributed by atoms with Gasteiger partial charge in [-0.15, -0.1) is 23.4 Å². The zero-order chi connectivity index (χ0) is 17.7. The molecule has 2 aromatic rings. The monoisotopic (exact) mass is 344 g/mol. The first kappa shape index (κ1) is 17.7. The average molecular weight is 344 g/mol. The fourth-order valence-electron chi connectivity index (χ4n) is 1.87. The predicted molar refractivity (Wildman–Crippen MR) is 77.1 cm³/mol. The van der Waals surface area contributed by atoms with E-state index in [9.17, 15) is 18.0 Å². The summed E-state index contributed by atoms with van der Waals surface area (Å²) in [6, 6.07) is 4.88. The average Bonchev–Trinajstić information content (AvgIpc) is 2.84. The van der Waals surface area contributed by atoms with Crippen LogP contribution in [-0.4, -0.2) is 41.0 Å². The van der Waals surface area contributed by atoms with Gasteiger partial charge in [-0.2, -0.15) is 0 Å². The molecule has 0 saturated heterocycles. The molecular weight excluding hydrogens is 329 g/mol. The summed E-state index contributed by atoms with van der Waals surface area (Å²) < 4.78 is 45.1. The number of nitrogens with zero attached hydrogens (tertiary/aromatic N) is 3. The van der Waals surface area contributed by atoms with Crippen LogP contribution in [0.15, 0.2) is 28.7 Å². The molecule has 0 atom stereocenters. The fourth-order valence-corrected chi connectivity index (χ4v) is 1.87. The van der Waals surface area contributed by atoms with Crippen molar-refractivity contribution < 1.29 is 27.1 Å². The number of amides is 1. The molecule has 0 unspecified atom stereocenters. The smallest absolute Gasteiger partial charge is 0.424 e. The van der Waals surface area contributed by atoms with Crippen molar-refractivity contribution in [3.8, 4) is 5.75 Å². The molecule has 1 aromatic carbocycles. The van der Waals surface area contributed by atoms with Gasteiger partial charge in [-0.05, 0) is 31.3 Å². The molecule has 1 heterocycles. The first-order chi connectivity index (χ1) is 11.2. The van der Waals surface area contributed by atoms with Gasteiger partial charge < -0.3 is 14.5 Å². The second kappa shape index (κ2) is 7.30. The van der Waals surface area contributed by atoms with Gasteiger partial charge in [-0.3, -0.25) is 9.69 Å². The fraction of sp³-hybridized carbons (Fsp3) is 0.357. The van der Waals surface area contributed by atoms with Crippen LogP contribution >= 0.6 is 0 Å². The number of rotatable bonds is 6. The third-order valence-corrected chi connectivity index (χ3v) is 2.76. The second-order valence-corrected chi connectivity index (χ2v) is 5.01. The number of alkyl halides is 3. The highest BCUT2D eigenvalue weighted by molar-refractivity contribution is 5.92. The highest BCUT2D eigenvalue weighted by atomic mass is 19.4. The van der Waals surface area contributed by atoms with Crippen LogP contribution in [0.5, 0.6) is 5.75 Å². The molecule has 1 aromatic heterocycles. The van der Waals surface area contributed by atoms with Gasteiger partial charge in [0.25, 0.3) is 0 Å². The zero-order valence-corrected chi connectivity index (χ0v) is 12.9. The van der Waals surface area contributed by atoms with E-state index in [-0.39, 0.29) is 18.2 Å². The molecule has 0 aliphatic rings. The van der Waals surface area contributed by atoms with Crippen molar-refractivity contribution in [1.82, 2.24) is 15.1 Å². The lowest BCUT2D eigenvalue weighted by molar-refractivity contribution is -0.274. The number of halogens is 3. The second-order valence-electron chi connectivity index (χ2n) is 5.01. The summed E-state index contributed by atoms with van der Waals surface area (Å²) in [7, 11) is 1.69. The molecule has 24 heavy (non-hydrogen) atoms. The highest BCUT2D eigenvalue weighted by Crippen LogP contribution is 2.23. The molecule has 0 saturated carbocycles. The molecule has 7 nitrogen and oxygen atoms in total. The molecule has 2 rings (SSSR count). The number of hydrogen-bond donors (Lipinski definition) is 1. The summed E-state index contributed by atoms with van der Waals surface area (Å²) >= 11 is 0. The van der Waals surface area contributed by atoms with Crippen molar-refractivity contribution in [1.29, 1.82) is 0 Å². The van der Waals surface area contributed by atoms with Crippen LogP contribution in [0.4, 0.5) is 18.9 Å². The van der Waals surface area contributed by atoms with Crippen molar-refractivity contribution in [3.05, 3.63) is 36.0 Å². The van der Waals surface area contributed by atoms with E-state index < -0.39 is 6.36 Å². The number of hydrogen-bond acceptors (Lipinski definition) is 6. The normalized spacial score (nSPS) is 11.6. The van der Waals surface area contributed by atoms with Crippen LogP contribution in [0.1, 0.15) is 11.8 Å². The Kier molecular flexibility index (Phi) is 5.39. The molecule has 0 aliphatic carbocycles. The Labute approximate surface area is 135 Å². The SMILES string of the molecule is Cc1nnc(CN(C)CC(=O)Nc2ccc(OC(F)(F)F)cc2)o1. The quantitative estimate of drug-likeness (QED) is 0.866. The number of benzene rings is 1. The van der Waals surface area contributed by atoms with Crippen molar-refractivity contribution in [2.75, 3.05) is 18.9 Å². The molecule has 1 N–H and O–H groups in total. The minimum atomic E-state index is -4.75. The van der Waals surface area contributed by atoms with Crippen molar-refractivity contribution in [2.24, 2.45) is 0 Å². The minimum absolute atomic E-state index is 0.0439. The van der Waals surface area contributed by atoms with E-state index in [0.29, 0.717) is 24.0 Å². The maximum absolute atomic E-state index is 12.1. The third-order valence-electron chi connectivity index (χ3n) is 2.76. The maximum Gasteiger partial charge on any atom is 0.573 e. The Balaban J connectivity index is 1.83. The lowest BCUT2D eigenvalue weighted by Crippen LogP contribution is -2.29. The maximum atomic E-state index is 12.1. The molecule has 0 spiro atoms. The number of likely N-dealkylation sites (N-methyl/N-ethyl adjacent to an activating group) is 1. The number of nitrogens with one attached hydrogen (secondary N) is 1. The number of aromatic nitrogens is 2. The van der Waals surface area contributed by atoms with E-state index in [1.807, 2.05) is 0 Å². The summed E-state index contributed by atoms with van der Waals surface area (Å²) in [5, 5.41) is 10.1. The van der Waals surface area contributed by atoms with Gasteiger partial charge in [0.1, 0.15) is 5.75 Å². The molecule has 0 fully saturated rings. The Morgan fingerprint density at radius 2 is 1.96 bits per heavy atom. The lowest BCUT2D eigenvalue weighted by atomic mass is 10.3. The Bertz CT molecular complexity index is 685. The summed E-state index contributed by atoms with van der Waals surface area (Å²) in [5.74, 6) is 0.128. The van der Waals surface area contributed by atoms with E-state index >= 15 is 0 Å². The lowest BCUT2D eigenvalue weighted by Gasteiger charge is -2.14. The van der Waals surface area contributed by atoms with Gasteiger partial charge in [0.15, 0.2) is 0 Å². The summed E-state index contributed by atoms with van der Waals surface area (Å²) in [4.78, 5) is 13.6. The molecule has 0 aliphatic heterocycles. The van der Waals surface area contributed by atoms with E-state index in [0.717, 1.165) is 12.1 Å². The van der Waals surface area contributed by atoms with E-state index in [2.05, 4.69) is 20.3 Å². The van der Waals surface area contributed by atoms with Crippen LogP contribution in [0.3, 0.4) is 0 Å². The van der Waals surface area contributed by atoms with Crippen molar-refractivity contribution in [2.45, 2.75) is 19.8 Å². The van der Waals surface area contributed by atoms with Crippen LogP contribution in [-0.2, 0) is 11.3 Å². The Morgan fingerprint density at radius 3 is 2.50 bits per heavy atom. The van der Waals surface area contributed by atoms with E-state index in [4.69, 9.17) is 4.42 Å². The number of carbonyl (C=O) groups is 1. The summed E-state index contributed by atoms with van der Waals surface area (Å²) in [6.07, 6.45) is -4.75. The van der Waals surface area contributed by atoms with Gasteiger partial charge in [-0.25, -0.2) is 0 Å². The number of ether oxygens (including phenoxy) is 1. The first-order valence-corrected chi connectivity index (χ1v) is 6.84.